The molecule has 0 aliphatic heterocycles. The molecule has 168 valence electrons. The molecular formula is C26H22BrClN2O3. The van der Waals surface area contributed by atoms with Crippen LogP contribution in [0, 0.1) is 11.3 Å². The summed E-state index contributed by atoms with van der Waals surface area (Å²) in [5.74, 6) is 0.736. The van der Waals surface area contributed by atoms with Crippen molar-refractivity contribution in [2.24, 2.45) is 0 Å². The van der Waals surface area contributed by atoms with Gasteiger partial charge in [0.05, 0.1) is 6.61 Å². The molecule has 7 heteroatoms. The molecule has 0 spiro atoms. The third-order valence-electron chi connectivity index (χ3n) is 4.56. The summed E-state index contributed by atoms with van der Waals surface area (Å²) >= 11 is 9.57. The number of rotatable bonds is 9. The van der Waals surface area contributed by atoms with Crippen LogP contribution in [0.3, 0.4) is 0 Å². The van der Waals surface area contributed by atoms with Crippen LogP contribution >= 0.6 is 27.5 Å². The molecule has 0 bridgehead atoms. The molecule has 0 atom stereocenters. The number of nitrogens with one attached hydrogen (secondary N) is 1. The van der Waals surface area contributed by atoms with Gasteiger partial charge in [-0.25, -0.2) is 0 Å². The van der Waals surface area contributed by atoms with E-state index in [1.54, 1.807) is 36.4 Å². The summed E-state index contributed by atoms with van der Waals surface area (Å²) in [5.41, 5.74) is 2.04. The second kappa shape index (κ2) is 12.1. The fourth-order valence-corrected chi connectivity index (χ4v) is 3.46. The van der Waals surface area contributed by atoms with Crippen molar-refractivity contribution in [1.82, 2.24) is 0 Å². The van der Waals surface area contributed by atoms with E-state index < -0.39 is 5.91 Å². The summed E-state index contributed by atoms with van der Waals surface area (Å²) < 4.78 is 12.3. The molecule has 3 rings (SSSR count). The largest absolute Gasteiger partial charge is 0.493 e. The first-order valence-electron chi connectivity index (χ1n) is 10.3. The molecule has 1 amide bonds. The molecule has 0 fully saturated rings. The Kier molecular flexibility index (Phi) is 8.94. The summed E-state index contributed by atoms with van der Waals surface area (Å²) in [6.45, 7) is 2.89. The van der Waals surface area contributed by atoms with Crippen molar-refractivity contribution < 1.29 is 14.3 Å². The number of hydrogen-bond donors (Lipinski definition) is 1. The third-order valence-corrected chi connectivity index (χ3v) is 5.42. The van der Waals surface area contributed by atoms with Gasteiger partial charge in [-0.05, 0) is 61.0 Å². The number of hydrogen-bond acceptors (Lipinski definition) is 4. The van der Waals surface area contributed by atoms with Gasteiger partial charge < -0.3 is 14.8 Å². The maximum absolute atomic E-state index is 12.7. The monoisotopic (exact) mass is 524 g/mol. The summed E-state index contributed by atoms with van der Waals surface area (Å²) in [7, 11) is 0. The minimum absolute atomic E-state index is 0.0338. The van der Waals surface area contributed by atoms with E-state index in [9.17, 15) is 10.1 Å². The van der Waals surface area contributed by atoms with Crippen LogP contribution in [0.2, 0.25) is 5.02 Å². The summed E-state index contributed by atoms with van der Waals surface area (Å²) in [5, 5.41) is 12.9. The highest BCUT2D eigenvalue weighted by Gasteiger charge is 2.12. The number of ether oxygens (including phenoxy) is 2. The van der Waals surface area contributed by atoms with Crippen LogP contribution < -0.4 is 14.8 Å². The van der Waals surface area contributed by atoms with Crippen molar-refractivity contribution in [2.45, 2.75) is 20.0 Å². The van der Waals surface area contributed by atoms with Gasteiger partial charge in [-0.2, -0.15) is 5.26 Å². The Balaban J connectivity index is 1.68. The standard InChI is InChI=1S/C26H22BrClN2O3/c1-2-13-32-25-12-7-21(27)15-19(25)14-20(16-29)26(31)30-22-8-10-23(11-9-22)33-17-18-5-3-4-6-24(18)28/h3-12,14-15H,2,13,17H2,1H3,(H,30,31)/b20-14+. The number of halogens is 2. The molecule has 0 heterocycles. The average molecular weight is 526 g/mol. The van der Waals surface area contributed by atoms with Gasteiger partial charge in [-0.1, -0.05) is 52.7 Å². The maximum atomic E-state index is 12.7. The normalized spacial score (nSPS) is 10.9. The highest BCUT2D eigenvalue weighted by molar-refractivity contribution is 9.10. The second-order valence-corrected chi connectivity index (χ2v) is 8.38. The van der Waals surface area contributed by atoms with Crippen molar-refractivity contribution in [3.8, 4) is 17.6 Å². The van der Waals surface area contributed by atoms with Gasteiger partial charge in [-0.3, -0.25) is 4.79 Å². The molecule has 0 aromatic heterocycles. The van der Waals surface area contributed by atoms with Gasteiger partial charge in [-0.15, -0.1) is 0 Å². The van der Waals surface area contributed by atoms with Crippen molar-refractivity contribution in [3.05, 3.63) is 92.9 Å². The van der Waals surface area contributed by atoms with Gasteiger partial charge >= 0.3 is 0 Å². The lowest BCUT2D eigenvalue weighted by atomic mass is 10.1. The Morgan fingerprint density at radius 3 is 2.58 bits per heavy atom. The SMILES string of the molecule is CCCOc1ccc(Br)cc1/C=C(\C#N)C(=O)Nc1ccc(OCc2ccccc2Cl)cc1. The summed E-state index contributed by atoms with van der Waals surface area (Å²) in [6.07, 6.45) is 2.37. The maximum Gasteiger partial charge on any atom is 0.266 e. The van der Waals surface area contributed by atoms with Gasteiger partial charge in [0.25, 0.3) is 5.91 Å². The Hall–Kier alpha value is -3.27. The molecular weight excluding hydrogens is 504 g/mol. The molecule has 5 nitrogen and oxygen atoms in total. The first-order chi connectivity index (χ1) is 16.0. The van der Waals surface area contributed by atoms with Crippen molar-refractivity contribution in [1.29, 1.82) is 5.26 Å². The van der Waals surface area contributed by atoms with Gasteiger partial charge in [0.1, 0.15) is 29.7 Å². The first-order valence-corrected chi connectivity index (χ1v) is 11.5. The van der Waals surface area contributed by atoms with Crippen LogP contribution in [-0.2, 0) is 11.4 Å². The van der Waals surface area contributed by atoms with E-state index in [0.29, 0.717) is 41.0 Å². The second-order valence-electron chi connectivity index (χ2n) is 7.06. The van der Waals surface area contributed by atoms with Crippen LogP contribution in [0.1, 0.15) is 24.5 Å². The summed E-state index contributed by atoms with van der Waals surface area (Å²) in [6, 6.07) is 21.8. The predicted octanol–water partition coefficient (Wildman–Crippen LogP) is 7.02. The van der Waals surface area contributed by atoms with Crippen LogP contribution in [0.25, 0.3) is 6.08 Å². The fourth-order valence-electron chi connectivity index (χ4n) is 2.89. The van der Waals surface area contributed by atoms with Gasteiger partial charge in [0, 0.05) is 26.3 Å². The topological polar surface area (TPSA) is 71.3 Å². The number of benzene rings is 3. The number of amides is 1. The molecule has 3 aromatic rings. The van der Waals surface area contributed by atoms with E-state index in [2.05, 4.69) is 21.2 Å². The average Bonchev–Trinajstić information content (AvgIpc) is 2.82. The third kappa shape index (κ3) is 7.11. The molecule has 0 aliphatic rings. The molecule has 0 aliphatic carbocycles. The number of carbonyl (C=O) groups is 1. The lowest BCUT2D eigenvalue weighted by Gasteiger charge is -2.10. The summed E-state index contributed by atoms with van der Waals surface area (Å²) in [4.78, 5) is 12.7. The Labute approximate surface area is 206 Å². The molecule has 1 N–H and O–H groups in total. The predicted molar refractivity (Wildman–Crippen MR) is 134 cm³/mol. The number of nitriles is 1. The fraction of sp³-hybridized carbons (Fsp3) is 0.154. The molecule has 0 unspecified atom stereocenters. The zero-order valence-corrected chi connectivity index (χ0v) is 20.3. The highest BCUT2D eigenvalue weighted by atomic mass is 79.9. The minimum atomic E-state index is -0.511. The lowest BCUT2D eigenvalue weighted by molar-refractivity contribution is -0.112. The lowest BCUT2D eigenvalue weighted by Crippen LogP contribution is -2.13. The van der Waals surface area contributed by atoms with E-state index in [1.807, 2.05) is 43.3 Å². The van der Waals surface area contributed by atoms with E-state index >= 15 is 0 Å². The van der Waals surface area contributed by atoms with Gasteiger partial charge in [0.15, 0.2) is 0 Å². The highest BCUT2D eigenvalue weighted by Crippen LogP contribution is 2.26. The number of carbonyl (C=O) groups excluding carboxylic acids is 1. The Bertz CT molecular complexity index is 1190. The van der Waals surface area contributed by atoms with Crippen molar-refractivity contribution in [3.63, 3.8) is 0 Å². The molecule has 0 saturated heterocycles. The number of anilines is 1. The molecule has 33 heavy (non-hydrogen) atoms. The first kappa shape index (κ1) is 24.4. The Morgan fingerprint density at radius 2 is 1.88 bits per heavy atom. The molecule has 0 radical (unpaired) electrons. The number of nitrogens with zero attached hydrogens (tertiary/aromatic N) is 1. The van der Waals surface area contributed by atoms with Gasteiger partial charge in [0.2, 0.25) is 0 Å². The van der Waals surface area contributed by atoms with E-state index in [1.165, 1.54) is 6.08 Å². The van der Waals surface area contributed by atoms with Crippen LogP contribution in [-0.4, -0.2) is 12.5 Å². The zero-order valence-electron chi connectivity index (χ0n) is 18.0. The smallest absolute Gasteiger partial charge is 0.266 e. The Morgan fingerprint density at radius 1 is 1.12 bits per heavy atom. The van der Waals surface area contributed by atoms with Crippen LogP contribution in [0.15, 0.2) is 76.8 Å². The molecule has 3 aromatic carbocycles. The van der Waals surface area contributed by atoms with Crippen molar-refractivity contribution >= 4 is 45.2 Å². The van der Waals surface area contributed by atoms with E-state index in [-0.39, 0.29) is 5.57 Å². The quantitative estimate of drug-likeness (QED) is 0.241. The minimum Gasteiger partial charge on any atom is -0.493 e. The van der Waals surface area contributed by atoms with E-state index in [0.717, 1.165) is 16.5 Å². The van der Waals surface area contributed by atoms with Crippen molar-refractivity contribution in [2.75, 3.05) is 11.9 Å². The zero-order chi connectivity index (χ0) is 23.6. The van der Waals surface area contributed by atoms with E-state index in [4.69, 9.17) is 21.1 Å². The molecule has 0 saturated carbocycles. The van der Waals surface area contributed by atoms with Crippen LogP contribution in [0.5, 0.6) is 11.5 Å². The van der Waals surface area contributed by atoms with Crippen LogP contribution in [0.4, 0.5) is 5.69 Å².